The van der Waals surface area contributed by atoms with E-state index < -0.39 is 5.97 Å². The molecule has 2 N–H and O–H groups in total. The maximum atomic E-state index is 11.8. The van der Waals surface area contributed by atoms with Gasteiger partial charge in [0.1, 0.15) is 5.75 Å². The highest BCUT2D eigenvalue weighted by Crippen LogP contribution is 2.29. The molecule has 0 bridgehead atoms. The zero-order valence-corrected chi connectivity index (χ0v) is 12.0. The van der Waals surface area contributed by atoms with E-state index in [1.165, 1.54) is 0 Å². The highest BCUT2D eigenvalue weighted by atomic mass is 16.5. The number of nitrogen functional groups attached to an aromatic ring is 1. The molecule has 6 nitrogen and oxygen atoms in total. The van der Waals surface area contributed by atoms with Gasteiger partial charge in [0.05, 0.1) is 18.9 Å². The third-order valence-electron chi connectivity index (χ3n) is 2.69. The maximum Gasteiger partial charge on any atom is 0.357 e. The number of ether oxygens (including phenoxy) is 2. The lowest BCUT2D eigenvalue weighted by molar-refractivity contribution is 0.0519. The Morgan fingerprint density at radius 1 is 1.19 bits per heavy atom. The van der Waals surface area contributed by atoms with E-state index in [9.17, 15) is 4.79 Å². The summed E-state index contributed by atoms with van der Waals surface area (Å²) in [4.78, 5) is 19.9. The van der Waals surface area contributed by atoms with Crippen LogP contribution < -0.4 is 10.5 Å². The molecule has 1 aromatic carbocycles. The largest absolute Gasteiger partial charge is 0.493 e. The molecule has 6 heteroatoms. The standard InChI is InChI=1S/C15H17N3O3/c1-3-20-13-8-6-5-7-10(13)11-9-12(14(19)21-4-2)18-15(16)17-11/h5-9H,3-4H2,1-2H3,(H2,16,17,18). The number of nitrogens with zero attached hydrogens (tertiary/aromatic N) is 2. The van der Waals surface area contributed by atoms with Gasteiger partial charge in [-0.15, -0.1) is 0 Å². The Labute approximate surface area is 122 Å². The Morgan fingerprint density at radius 3 is 2.67 bits per heavy atom. The Hall–Kier alpha value is -2.63. The molecule has 0 spiro atoms. The molecule has 21 heavy (non-hydrogen) atoms. The lowest BCUT2D eigenvalue weighted by atomic mass is 10.1. The number of hydrogen-bond donors (Lipinski definition) is 1. The molecule has 0 aliphatic heterocycles. The smallest absolute Gasteiger partial charge is 0.357 e. The number of anilines is 1. The van der Waals surface area contributed by atoms with Crippen LogP contribution in [0.4, 0.5) is 5.95 Å². The number of rotatable bonds is 5. The number of esters is 1. The minimum Gasteiger partial charge on any atom is -0.493 e. The lowest BCUT2D eigenvalue weighted by Crippen LogP contribution is -2.10. The van der Waals surface area contributed by atoms with Crippen LogP contribution in [0.1, 0.15) is 24.3 Å². The van der Waals surface area contributed by atoms with Crippen LogP contribution in [0.5, 0.6) is 5.75 Å². The first-order valence-electron chi connectivity index (χ1n) is 6.69. The Kier molecular flexibility index (Phi) is 4.71. The Balaban J connectivity index is 2.47. The molecule has 0 unspecified atom stereocenters. The van der Waals surface area contributed by atoms with E-state index >= 15 is 0 Å². The zero-order chi connectivity index (χ0) is 15.2. The van der Waals surface area contributed by atoms with Crippen LogP contribution in [0.2, 0.25) is 0 Å². The van der Waals surface area contributed by atoms with E-state index in [4.69, 9.17) is 15.2 Å². The van der Waals surface area contributed by atoms with Crippen LogP contribution in [-0.4, -0.2) is 29.2 Å². The maximum absolute atomic E-state index is 11.8. The number of carbonyl (C=O) groups is 1. The fraction of sp³-hybridized carbons (Fsp3) is 0.267. The molecule has 0 saturated heterocycles. The second-order valence-electron chi connectivity index (χ2n) is 4.15. The van der Waals surface area contributed by atoms with Crippen molar-refractivity contribution in [1.82, 2.24) is 9.97 Å². The Bertz CT molecular complexity index is 644. The summed E-state index contributed by atoms with van der Waals surface area (Å²) in [6, 6.07) is 8.96. The number of hydrogen-bond acceptors (Lipinski definition) is 6. The molecule has 0 amide bonds. The van der Waals surface area contributed by atoms with Crippen LogP contribution in [0.3, 0.4) is 0 Å². The summed E-state index contributed by atoms with van der Waals surface area (Å²) in [5.41, 5.74) is 7.09. The molecule has 0 fully saturated rings. The second kappa shape index (κ2) is 6.69. The van der Waals surface area contributed by atoms with Gasteiger partial charge in [0, 0.05) is 5.56 Å². The molecule has 0 aliphatic carbocycles. The third-order valence-corrected chi connectivity index (χ3v) is 2.69. The van der Waals surface area contributed by atoms with Crippen molar-refractivity contribution in [1.29, 1.82) is 0 Å². The fourth-order valence-electron chi connectivity index (χ4n) is 1.87. The van der Waals surface area contributed by atoms with E-state index in [0.717, 1.165) is 5.56 Å². The summed E-state index contributed by atoms with van der Waals surface area (Å²) in [6.45, 7) is 4.43. The first kappa shape index (κ1) is 14.8. The molecule has 2 rings (SSSR count). The van der Waals surface area contributed by atoms with Crippen molar-refractivity contribution in [3.8, 4) is 17.0 Å². The van der Waals surface area contributed by atoms with Gasteiger partial charge in [-0.1, -0.05) is 12.1 Å². The van der Waals surface area contributed by atoms with Gasteiger partial charge in [-0.05, 0) is 32.0 Å². The average Bonchev–Trinajstić information content (AvgIpc) is 2.48. The van der Waals surface area contributed by atoms with Gasteiger partial charge in [0.25, 0.3) is 0 Å². The SMILES string of the molecule is CCOC(=O)c1cc(-c2ccccc2OCC)nc(N)n1. The van der Waals surface area contributed by atoms with Gasteiger partial charge in [0.2, 0.25) is 5.95 Å². The molecular formula is C15H17N3O3. The van der Waals surface area contributed by atoms with Crippen molar-refractivity contribution in [3.63, 3.8) is 0 Å². The first-order valence-corrected chi connectivity index (χ1v) is 6.69. The van der Waals surface area contributed by atoms with Gasteiger partial charge >= 0.3 is 5.97 Å². The molecule has 110 valence electrons. The molecule has 1 heterocycles. The monoisotopic (exact) mass is 287 g/mol. The third kappa shape index (κ3) is 3.47. The Morgan fingerprint density at radius 2 is 1.95 bits per heavy atom. The molecule has 2 aromatic rings. The number of benzene rings is 1. The van der Waals surface area contributed by atoms with Gasteiger partial charge in [-0.3, -0.25) is 0 Å². The quantitative estimate of drug-likeness (QED) is 0.849. The zero-order valence-electron chi connectivity index (χ0n) is 12.0. The van der Waals surface area contributed by atoms with E-state index in [1.54, 1.807) is 13.0 Å². The van der Waals surface area contributed by atoms with Gasteiger partial charge in [-0.25, -0.2) is 14.8 Å². The molecule has 0 radical (unpaired) electrons. The van der Waals surface area contributed by atoms with Gasteiger partial charge < -0.3 is 15.2 Å². The summed E-state index contributed by atoms with van der Waals surface area (Å²) in [5.74, 6) is 0.163. The first-order chi connectivity index (χ1) is 10.2. The predicted octanol–water partition coefficient (Wildman–Crippen LogP) is 2.30. The van der Waals surface area contributed by atoms with E-state index in [2.05, 4.69) is 9.97 Å². The highest BCUT2D eigenvalue weighted by Gasteiger charge is 2.14. The summed E-state index contributed by atoms with van der Waals surface area (Å²) < 4.78 is 10.5. The second-order valence-corrected chi connectivity index (χ2v) is 4.15. The van der Waals surface area contributed by atoms with Crippen molar-refractivity contribution in [2.45, 2.75) is 13.8 Å². The number of aromatic nitrogens is 2. The number of carbonyl (C=O) groups excluding carboxylic acids is 1. The molecule has 0 saturated carbocycles. The van der Waals surface area contributed by atoms with Crippen molar-refractivity contribution in [2.75, 3.05) is 18.9 Å². The van der Waals surface area contributed by atoms with Crippen LogP contribution in [0.15, 0.2) is 30.3 Å². The molecule has 0 atom stereocenters. The molecule has 1 aromatic heterocycles. The normalized spacial score (nSPS) is 10.2. The minimum atomic E-state index is -0.526. The van der Waals surface area contributed by atoms with Crippen molar-refractivity contribution < 1.29 is 14.3 Å². The highest BCUT2D eigenvalue weighted by molar-refractivity contribution is 5.89. The van der Waals surface area contributed by atoms with Gasteiger partial charge in [0.15, 0.2) is 5.69 Å². The topological polar surface area (TPSA) is 87.3 Å². The van der Waals surface area contributed by atoms with Crippen LogP contribution >= 0.6 is 0 Å². The predicted molar refractivity (Wildman–Crippen MR) is 79.0 cm³/mol. The molecular weight excluding hydrogens is 270 g/mol. The summed E-state index contributed by atoms with van der Waals surface area (Å²) >= 11 is 0. The van der Waals surface area contributed by atoms with Crippen molar-refractivity contribution >= 4 is 11.9 Å². The number of nitrogens with two attached hydrogens (primary N) is 1. The van der Waals surface area contributed by atoms with Crippen molar-refractivity contribution in [3.05, 3.63) is 36.0 Å². The van der Waals surface area contributed by atoms with E-state index in [-0.39, 0.29) is 18.2 Å². The van der Waals surface area contributed by atoms with E-state index in [1.807, 2.05) is 31.2 Å². The van der Waals surface area contributed by atoms with Crippen LogP contribution in [0.25, 0.3) is 11.3 Å². The van der Waals surface area contributed by atoms with Gasteiger partial charge in [-0.2, -0.15) is 0 Å². The van der Waals surface area contributed by atoms with Crippen molar-refractivity contribution in [2.24, 2.45) is 0 Å². The van der Waals surface area contributed by atoms with Crippen LogP contribution in [-0.2, 0) is 4.74 Å². The summed E-state index contributed by atoms with van der Waals surface area (Å²) in [7, 11) is 0. The number of para-hydroxylation sites is 1. The fourth-order valence-corrected chi connectivity index (χ4v) is 1.87. The summed E-state index contributed by atoms with van der Waals surface area (Å²) in [5, 5.41) is 0. The lowest BCUT2D eigenvalue weighted by Gasteiger charge is -2.10. The van der Waals surface area contributed by atoms with E-state index in [0.29, 0.717) is 18.1 Å². The molecule has 0 aliphatic rings. The van der Waals surface area contributed by atoms with Crippen LogP contribution in [0, 0.1) is 0 Å². The average molecular weight is 287 g/mol. The summed E-state index contributed by atoms with van der Waals surface area (Å²) in [6.07, 6.45) is 0. The minimum absolute atomic E-state index is 0.0156.